The molecule has 0 heterocycles. The van der Waals surface area contributed by atoms with Crippen molar-refractivity contribution in [1.82, 2.24) is 0 Å². The average molecular weight is 644 g/mol. The quantitative estimate of drug-likeness (QED) is 0.136. The van der Waals surface area contributed by atoms with Gasteiger partial charge >= 0.3 is 62.6 Å². The van der Waals surface area contributed by atoms with Crippen LogP contribution in [0.2, 0.25) is 0 Å². The standard InChI is InChI=1S/C12H6F21O4P/c13-1(14)7(22,23)10(28,29)4(19)35-38(34,36-5(20)11(30,31)8(24,25)2(15)16)37-6(21)12(32,33)9(26,27)3(17)18/h1-6H. The summed E-state index contributed by atoms with van der Waals surface area (Å²) in [6.07, 6.45) is -34.7. The molecular weight excluding hydrogens is 638 g/mol. The zero-order valence-electron chi connectivity index (χ0n) is 16.5. The van der Waals surface area contributed by atoms with Crippen LogP contribution in [-0.4, -0.2) is 73.9 Å². The third-order valence-corrected chi connectivity index (χ3v) is 5.01. The molecule has 0 radical (unpaired) electrons. The second-order valence-corrected chi connectivity index (χ2v) is 7.88. The third-order valence-electron chi connectivity index (χ3n) is 3.68. The summed E-state index contributed by atoms with van der Waals surface area (Å²) >= 11 is 0. The van der Waals surface area contributed by atoms with E-state index in [4.69, 9.17) is 0 Å². The maximum Gasteiger partial charge on any atom is 0.483 e. The van der Waals surface area contributed by atoms with Crippen molar-refractivity contribution in [3.05, 3.63) is 0 Å². The summed E-state index contributed by atoms with van der Waals surface area (Å²) in [5.41, 5.74) is 0. The Hall–Kier alpha value is -1.36. The van der Waals surface area contributed by atoms with Gasteiger partial charge in [-0.15, -0.1) is 0 Å². The van der Waals surface area contributed by atoms with Gasteiger partial charge in [-0.05, 0) is 0 Å². The Morgan fingerprint density at radius 2 is 0.526 bits per heavy atom. The topological polar surface area (TPSA) is 44.8 Å². The van der Waals surface area contributed by atoms with E-state index in [0.717, 1.165) is 0 Å². The Kier molecular flexibility index (Phi) is 10.9. The molecular formula is C12H6F21O4P. The molecule has 0 fully saturated rings. The number of halogens is 21. The van der Waals surface area contributed by atoms with Gasteiger partial charge in [0, 0.05) is 0 Å². The van der Waals surface area contributed by atoms with Gasteiger partial charge < -0.3 is 0 Å². The van der Waals surface area contributed by atoms with Crippen molar-refractivity contribution in [2.24, 2.45) is 0 Å². The van der Waals surface area contributed by atoms with E-state index in [-0.39, 0.29) is 0 Å². The monoisotopic (exact) mass is 644 g/mol. The van der Waals surface area contributed by atoms with Gasteiger partial charge in [-0.2, -0.15) is 52.7 Å². The normalized spacial score (nSPS) is 19.2. The van der Waals surface area contributed by atoms with Gasteiger partial charge in [-0.25, -0.2) is 57.7 Å². The molecule has 4 nitrogen and oxygen atoms in total. The van der Waals surface area contributed by atoms with Gasteiger partial charge in [0.15, 0.2) is 0 Å². The van der Waals surface area contributed by atoms with Crippen LogP contribution in [0.25, 0.3) is 0 Å². The number of alkyl halides is 21. The molecule has 0 saturated carbocycles. The molecule has 38 heavy (non-hydrogen) atoms. The molecule has 0 aromatic heterocycles. The molecule has 0 rings (SSSR count). The molecule has 0 bridgehead atoms. The predicted octanol–water partition coefficient (Wildman–Crippen LogP) is 7.64. The molecule has 0 aromatic rings. The summed E-state index contributed by atoms with van der Waals surface area (Å²) < 4.78 is 287. The first-order chi connectivity index (χ1) is 16.5. The van der Waals surface area contributed by atoms with Crippen molar-refractivity contribution in [3.63, 3.8) is 0 Å². The molecule has 0 aliphatic carbocycles. The Morgan fingerprint density at radius 3 is 0.658 bits per heavy atom. The van der Waals surface area contributed by atoms with E-state index >= 15 is 0 Å². The summed E-state index contributed by atoms with van der Waals surface area (Å²) in [5.74, 6) is -42.6. The zero-order chi connectivity index (χ0) is 31.1. The molecule has 26 heteroatoms. The first-order valence-electron chi connectivity index (χ1n) is 8.15. The highest BCUT2D eigenvalue weighted by molar-refractivity contribution is 7.48. The van der Waals surface area contributed by atoms with E-state index in [0.29, 0.717) is 0 Å². The number of rotatable bonds is 15. The Morgan fingerprint density at radius 1 is 0.368 bits per heavy atom. The molecule has 0 aliphatic heterocycles. The van der Waals surface area contributed by atoms with Crippen LogP contribution in [0.5, 0.6) is 0 Å². The van der Waals surface area contributed by atoms with E-state index in [2.05, 4.69) is 13.6 Å². The van der Waals surface area contributed by atoms with E-state index in [9.17, 15) is 96.8 Å². The van der Waals surface area contributed by atoms with Crippen LogP contribution in [-0.2, 0) is 18.1 Å². The molecule has 0 amide bonds. The number of hydrogen-bond donors (Lipinski definition) is 0. The highest BCUT2D eigenvalue weighted by Crippen LogP contribution is 2.60. The lowest BCUT2D eigenvalue weighted by Crippen LogP contribution is -2.55. The number of phosphoric ester groups is 1. The first kappa shape index (κ1) is 36.6. The minimum absolute atomic E-state index is 2.29. The predicted molar refractivity (Wildman–Crippen MR) is 73.2 cm³/mol. The fourth-order valence-electron chi connectivity index (χ4n) is 1.50. The minimum atomic E-state index is -8.28. The Balaban J connectivity index is 6.63. The maximum atomic E-state index is 13.5. The SMILES string of the molecule is O=P(OC(F)C(F)(F)C(F)(F)C(F)F)(OC(F)C(F)(F)C(F)(F)C(F)F)OC(F)C(F)(F)C(F)(F)C(F)F. The molecule has 3 unspecified atom stereocenters. The Labute approximate surface area is 193 Å². The average Bonchev–Trinajstić information content (AvgIpc) is 2.72. The molecule has 0 N–H and O–H groups in total. The molecule has 3 atom stereocenters. The van der Waals surface area contributed by atoms with Crippen molar-refractivity contribution in [2.75, 3.05) is 0 Å². The van der Waals surface area contributed by atoms with Crippen LogP contribution >= 0.6 is 7.82 Å². The van der Waals surface area contributed by atoms with Crippen LogP contribution in [0.3, 0.4) is 0 Å². The van der Waals surface area contributed by atoms with Crippen molar-refractivity contribution >= 4 is 7.82 Å². The van der Waals surface area contributed by atoms with Crippen molar-refractivity contribution in [3.8, 4) is 0 Å². The maximum absolute atomic E-state index is 13.5. The van der Waals surface area contributed by atoms with E-state index in [1.54, 1.807) is 0 Å². The summed E-state index contributed by atoms with van der Waals surface area (Å²) in [6, 6.07) is 0. The van der Waals surface area contributed by atoms with Crippen LogP contribution in [0.15, 0.2) is 0 Å². The zero-order valence-corrected chi connectivity index (χ0v) is 17.4. The first-order valence-corrected chi connectivity index (χ1v) is 9.61. The van der Waals surface area contributed by atoms with E-state index in [1.807, 2.05) is 0 Å². The summed E-state index contributed by atoms with van der Waals surface area (Å²) in [6.45, 7) is 0. The summed E-state index contributed by atoms with van der Waals surface area (Å²) in [7, 11) is -8.28. The lowest BCUT2D eigenvalue weighted by Gasteiger charge is -2.33. The summed E-state index contributed by atoms with van der Waals surface area (Å²) in [5, 5.41) is 0. The number of hydrogen-bond acceptors (Lipinski definition) is 4. The van der Waals surface area contributed by atoms with Gasteiger partial charge in [0.25, 0.3) is 19.1 Å². The minimum Gasteiger partial charge on any atom is -0.244 e. The van der Waals surface area contributed by atoms with Gasteiger partial charge in [-0.3, -0.25) is 0 Å². The number of phosphoric acid groups is 1. The van der Waals surface area contributed by atoms with Crippen LogP contribution in [0, 0.1) is 0 Å². The summed E-state index contributed by atoms with van der Waals surface area (Å²) in [4.78, 5) is 0. The van der Waals surface area contributed by atoms with Crippen LogP contribution in [0.4, 0.5) is 92.2 Å². The van der Waals surface area contributed by atoms with Gasteiger partial charge in [0.1, 0.15) is 0 Å². The smallest absolute Gasteiger partial charge is 0.244 e. The molecule has 0 saturated heterocycles. The van der Waals surface area contributed by atoms with Gasteiger partial charge in [-0.1, -0.05) is 0 Å². The largest absolute Gasteiger partial charge is 0.483 e. The Bertz CT molecular complexity index is 728. The highest BCUT2D eigenvalue weighted by atomic mass is 31.2. The fourth-order valence-corrected chi connectivity index (χ4v) is 2.73. The van der Waals surface area contributed by atoms with Crippen molar-refractivity contribution < 1.29 is 110 Å². The highest BCUT2D eigenvalue weighted by Gasteiger charge is 2.73. The van der Waals surface area contributed by atoms with Crippen LogP contribution < -0.4 is 0 Å². The molecule has 230 valence electrons. The second kappa shape index (κ2) is 11.3. The fraction of sp³-hybridized carbons (Fsp3) is 1.00. The molecule has 0 spiro atoms. The van der Waals surface area contributed by atoms with Gasteiger partial charge in [0.2, 0.25) is 0 Å². The lowest BCUT2D eigenvalue weighted by atomic mass is 10.2. The van der Waals surface area contributed by atoms with Gasteiger partial charge in [0.05, 0.1) is 0 Å². The lowest BCUT2D eigenvalue weighted by molar-refractivity contribution is -0.331. The van der Waals surface area contributed by atoms with E-state index in [1.165, 1.54) is 0 Å². The second-order valence-electron chi connectivity index (χ2n) is 6.35. The third kappa shape index (κ3) is 6.67. The van der Waals surface area contributed by atoms with Crippen molar-refractivity contribution in [2.45, 2.75) is 73.9 Å². The van der Waals surface area contributed by atoms with E-state index < -0.39 is 81.7 Å². The molecule has 0 aliphatic rings. The van der Waals surface area contributed by atoms with Crippen LogP contribution in [0.1, 0.15) is 0 Å². The van der Waals surface area contributed by atoms with Crippen molar-refractivity contribution in [1.29, 1.82) is 0 Å². The molecule has 0 aromatic carbocycles.